The molecule has 1 amide bonds. The maximum Gasteiger partial charge on any atom is 0.417 e. The minimum absolute atomic E-state index is 0.375. The zero-order valence-corrected chi connectivity index (χ0v) is 17.6. The average molecular weight is 440 g/mol. The lowest BCUT2D eigenvalue weighted by Crippen LogP contribution is -2.33. The van der Waals surface area contributed by atoms with E-state index in [0.29, 0.717) is 16.9 Å². The van der Waals surface area contributed by atoms with Gasteiger partial charge in [0.05, 0.1) is 16.8 Å². The molecular weight excluding hydrogens is 417 g/mol. The molecule has 2 aromatic carbocycles. The van der Waals surface area contributed by atoms with Gasteiger partial charge in [-0.15, -0.1) is 10.2 Å². The minimum atomic E-state index is -4.61. The molecule has 1 aliphatic heterocycles. The van der Waals surface area contributed by atoms with Crippen molar-refractivity contribution >= 4 is 17.4 Å². The molecule has 1 aromatic heterocycles. The summed E-state index contributed by atoms with van der Waals surface area (Å²) in [6, 6.07) is 15.3. The van der Waals surface area contributed by atoms with E-state index in [4.69, 9.17) is 0 Å². The van der Waals surface area contributed by atoms with E-state index >= 15 is 0 Å². The Morgan fingerprint density at radius 3 is 2.44 bits per heavy atom. The maximum atomic E-state index is 13.2. The van der Waals surface area contributed by atoms with Crippen LogP contribution in [0.15, 0.2) is 60.7 Å². The molecular formula is C24H23F3N4O. The van der Waals surface area contributed by atoms with Gasteiger partial charge in [0.1, 0.15) is 0 Å². The number of piperidine rings is 1. The molecule has 1 saturated heterocycles. The van der Waals surface area contributed by atoms with E-state index in [1.165, 1.54) is 12.1 Å². The number of nitrogens with one attached hydrogen (secondary N) is 1. The molecule has 0 saturated carbocycles. The number of alkyl halides is 3. The van der Waals surface area contributed by atoms with Crippen molar-refractivity contribution < 1.29 is 18.0 Å². The van der Waals surface area contributed by atoms with Crippen LogP contribution in [0, 0.1) is 5.92 Å². The van der Waals surface area contributed by atoms with Crippen molar-refractivity contribution in [3.63, 3.8) is 0 Å². The van der Waals surface area contributed by atoms with Crippen LogP contribution in [0.1, 0.15) is 35.7 Å². The van der Waals surface area contributed by atoms with E-state index in [0.717, 1.165) is 49.8 Å². The molecule has 1 N–H and O–H groups in total. The quantitative estimate of drug-likeness (QED) is 0.570. The number of hydrogen-bond acceptors (Lipinski definition) is 4. The Morgan fingerprint density at radius 1 is 1.00 bits per heavy atom. The molecule has 5 nitrogen and oxygen atoms in total. The van der Waals surface area contributed by atoms with Gasteiger partial charge in [0, 0.05) is 24.3 Å². The topological polar surface area (TPSA) is 58.1 Å². The first-order valence-corrected chi connectivity index (χ1v) is 10.5. The molecule has 166 valence electrons. The third-order valence-electron chi connectivity index (χ3n) is 5.65. The number of carbonyl (C=O) groups excluding carboxylic acids is 1. The Labute approximate surface area is 184 Å². The molecule has 3 aromatic rings. The second-order valence-corrected chi connectivity index (χ2v) is 8.02. The molecule has 4 rings (SSSR count). The molecule has 1 aliphatic rings. The lowest BCUT2D eigenvalue weighted by molar-refractivity contribution is -0.137. The number of amides is 1. The fourth-order valence-corrected chi connectivity index (χ4v) is 3.77. The van der Waals surface area contributed by atoms with E-state index in [2.05, 4.69) is 27.3 Å². The van der Waals surface area contributed by atoms with Crippen LogP contribution in [0.5, 0.6) is 0 Å². The molecule has 0 aliphatic carbocycles. The van der Waals surface area contributed by atoms with Crippen molar-refractivity contribution in [3.8, 4) is 11.3 Å². The molecule has 8 heteroatoms. The number of hydrogen-bond donors (Lipinski definition) is 1. The summed E-state index contributed by atoms with van der Waals surface area (Å²) in [7, 11) is 0. The van der Waals surface area contributed by atoms with Crippen LogP contribution >= 0.6 is 0 Å². The summed E-state index contributed by atoms with van der Waals surface area (Å²) < 4.78 is 39.7. The van der Waals surface area contributed by atoms with Crippen LogP contribution in [0.3, 0.4) is 0 Å². The average Bonchev–Trinajstić information content (AvgIpc) is 2.79. The lowest BCUT2D eigenvalue weighted by atomic mass is 9.99. The molecule has 2 heterocycles. The summed E-state index contributed by atoms with van der Waals surface area (Å²) in [6.07, 6.45) is -2.36. The normalized spacial score (nSPS) is 14.9. The Kier molecular flexibility index (Phi) is 6.12. The standard InChI is InChI=1S/C24H23F3N4O/c1-16-11-13-31(14-12-16)22-10-9-21(29-30-22)17-5-4-6-18(15-17)28-23(32)19-7-2-3-8-20(19)24(25,26)27/h2-10,15-16H,11-14H2,1H3,(H,28,32). The first kappa shape index (κ1) is 21.8. The number of carbonyl (C=O) groups is 1. The summed E-state index contributed by atoms with van der Waals surface area (Å²) in [5.74, 6) is 0.726. The monoisotopic (exact) mass is 440 g/mol. The van der Waals surface area contributed by atoms with Crippen LogP contribution in [-0.4, -0.2) is 29.2 Å². The van der Waals surface area contributed by atoms with Gasteiger partial charge in [0.15, 0.2) is 5.82 Å². The number of halogens is 3. The molecule has 1 fully saturated rings. The van der Waals surface area contributed by atoms with Crippen molar-refractivity contribution in [3.05, 3.63) is 71.8 Å². The zero-order valence-electron chi connectivity index (χ0n) is 17.6. The first-order valence-electron chi connectivity index (χ1n) is 10.5. The van der Waals surface area contributed by atoms with Crippen molar-refractivity contribution in [1.29, 1.82) is 0 Å². The molecule has 0 bridgehead atoms. The first-order chi connectivity index (χ1) is 15.3. The largest absolute Gasteiger partial charge is 0.417 e. The summed E-state index contributed by atoms with van der Waals surface area (Å²) >= 11 is 0. The van der Waals surface area contributed by atoms with Gasteiger partial charge in [-0.25, -0.2) is 0 Å². The maximum absolute atomic E-state index is 13.2. The molecule has 0 unspecified atom stereocenters. The van der Waals surface area contributed by atoms with Gasteiger partial charge in [0.25, 0.3) is 5.91 Å². The van der Waals surface area contributed by atoms with Gasteiger partial charge in [-0.3, -0.25) is 4.79 Å². The van der Waals surface area contributed by atoms with Gasteiger partial charge in [-0.1, -0.05) is 31.2 Å². The molecule has 32 heavy (non-hydrogen) atoms. The number of aromatic nitrogens is 2. The Balaban J connectivity index is 1.50. The summed E-state index contributed by atoms with van der Waals surface area (Å²) in [4.78, 5) is 14.7. The van der Waals surface area contributed by atoms with Crippen molar-refractivity contribution in [2.24, 2.45) is 5.92 Å². The summed E-state index contributed by atoms with van der Waals surface area (Å²) in [6.45, 7) is 4.16. The molecule has 0 radical (unpaired) electrons. The third-order valence-corrected chi connectivity index (χ3v) is 5.65. The highest BCUT2D eigenvalue weighted by atomic mass is 19.4. The van der Waals surface area contributed by atoms with Gasteiger partial charge in [-0.05, 0) is 55.2 Å². The summed E-state index contributed by atoms with van der Waals surface area (Å²) in [5.41, 5.74) is 0.303. The highest BCUT2D eigenvalue weighted by Crippen LogP contribution is 2.32. The fourth-order valence-electron chi connectivity index (χ4n) is 3.77. The van der Waals surface area contributed by atoms with Crippen molar-refractivity contribution in [2.75, 3.05) is 23.3 Å². The predicted octanol–water partition coefficient (Wildman–Crippen LogP) is 5.65. The fraction of sp³-hybridized carbons (Fsp3) is 0.292. The second kappa shape index (κ2) is 8.98. The molecule has 0 atom stereocenters. The highest BCUT2D eigenvalue weighted by molar-refractivity contribution is 6.05. The summed E-state index contributed by atoms with van der Waals surface area (Å²) in [5, 5.41) is 11.2. The van der Waals surface area contributed by atoms with Crippen molar-refractivity contribution in [1.82, 2.24) is 10.2 Å². The Hall–Kier alpha value is -3.42. The molecule has 0 spiro atoms. The van der Waals surface area contributed by atoms with Gasteiger partial charge in [0.2, 0.25) is 0 Å². The Morgan fingerprint density at radius 2 is 1.75 bits per heavy atom. The van der Waals surface area contributed by atoms with E-state index in [1.54, 1.807) is 18.2 Å². The van der Waals surface area contributed by atoms with Crippen LogP contribution in [0.4, 0.5) is 24.7 Å². The second-order valence-electron chi connectivity index (χ2n) is 8.02. The van der Waals surface area contributed by atoms with Crippen LogP contribution in [0.2, 0.25) is 0 Å². The van der Waals surface area contributed by atoms with Gasteiger partial charge < -0.3 is 10.2 Å². The van der Waals surface area contributed by atoms with E-state index in [-0.39, 0.29) is 0 Å². The Bertz CT molecular complexity index is 1090. The van der Waals surface area contributed by atoms with Gasteiger partial charge in [-0.2, -0.15) is 13.2 Å². The number of rotatable bonds is 4. The number of anilines is 2. The minimum Gasteiger partial charge on any atom is -0.355 e. The van der Waals surface area contributed by atoms with Crippen LogP contribution in [0.25, 0.3) is 11.3 Å². The SMILES string of the molecule is CC1CCN(c2ccc(-c3cccc(NC(=O)c4ccccc4C(F)(F)F)c3)nn2)CC1. The number of benzene rings is 2. The zero-order chi connectivity index (χ0) is 22.7. The predicted molar refractivity (Wildman–Crippen MR) is 117 cm³/mol. The lowest BCUT2D eigenvalue weighted by Gasteiger charge is -2.30. The third kappa shape index (κ3) is 4.90. The number of nitrogens with zero attached hydrogens (tertiary/aromatic N) is 3. The van der Waals surface area contributed by atoms with Crippen LogP contribution < -0.4 is 10.2 Å². The smallest absolute Gasteiger partial charge is 0.355 e. The van der Waals surface area contributed by atoms with Crippen molar-refractivity contribution in [2.45, 2.75) is 25.9 Å². The highest BCUT2D eigenvalue weighted by Gasteiger charge is 2.34. The van der Waals surface area contributed by atoms with E-state index in [1.807, 2.05) is 18.2 Å². The van der Waals surface area contributed by atoms with E-state index in [9.17, 15) is 18.0 Å². The van der Waals surface area contributed by atoms with Gasteiger partial charge >= 0.3 is 6.18 Å². The van der Waals surface area contributed by atoms with E-state index < -0.39 is 23.2 Å². The van der Waals surface area contributed by atoms with Crippen LogP contribution in [-0.2, 0) is 6.18 Å².